The number of hydrogen-bond acceptors (Lipinski definition) is 5. The van der Waals surface area contributed by atoms with E-state index in [0.717, 1.165) is 32.6 Å². The first-order chi connectivity index (χ1) is 12.4. The van der Waals surface area contributed by atoms with Gasteiger partial charge < -0.3 is 15.1 Å². The van der Waals surface area contributed by atoms with Gasteiger partial charge in [-0.1, -0.05) is 13.8 Å². The van der Waals surface area contributed by atoms with Gasteiger partial charge in [0.05, 0.1) is 4.92 Å². The number of nitro benzene ring substituents is 1. The predicted octanol–water partition coefficient (Wildman–Crippen LogP) is 2.93. The van der Waals surface area contributed by atoms with Crippen molar-refractivity contribution in [2.45, 2.75) is 33.2 Å². The molecule has 1 N–H and O–H groups in total. The Morgan fingerprint density at radius 2 is 1.89 bits per heavy atom. The van der Waals surface area contributed by atoms with Crippen LogP contribution in [0, 0.1) is 22.0 Å². The van der Waals surface area contributed by atoms with Crippen LogP contribution in [-0.4, -0.2) is 54.5 Å². The summed E-state index contributed by atoms with van der Waals surface area (Å²) in [6.45, 7) is 10.1. The van der Waals surface area contributed by atoms with Gasteiger partial charge in [0.15, 0.2) is 0 Å². The Hall–Kier alpha value is -1.86. The molecule has 2 aliphatic rings. The number of carbonyl (C=O) groups is 1. The maximum atomic E-state index is 12.8. The van der Waals surface area contributed by atoms with Crippen LogP contribution in [0.2, 0.25) is 0 Å². The summed E-state index contributed by atoms with van der Waals surface area (Å²) < 4.78 is 0. The van der Waals surface area contributed by atoms with Gasteiger partial charge in [0.25, 0.3) is 11.6 Å². The summed E-state index contributed by atoms with van der Waals surface area (Å²) in [4.78, 5) is 28.0. The first kappa shape index (κ1) is 21.4. The summed E-state index contributed by atoms with van der Waals surface area (Å²) >= 11 is 0. The van der Waals surface area contributed by atoms with Gasteiger partial charge in [-0.15, -0.1) is 12.4 Å². The molecule has 0 aliphatic carbocycles. The number of anilines is 1. The topological polar surface area (TPSA) is 78.7 Å². The molecule has 1 aromatic carbocycles. The second kappa shape index (κ2) is 8.89. The van der Waals surface area contributed by atoms with E-state index in [4.69, 9.17) is 0 Å². The number of piperidine rings is 1. The van der Waals surface area contributed by atoms with Crippen LogP contribution >= 0.6 is 12.4 Å². The van der Waals surface area contributed by atoms with Crippen molar-refractivity contribution < 1.29 is 9.72 Å². The van der Waals surface area contributed by atoms with Crippen molar-refractivity contribution in [3.05, 3.63) is 33.9 Å². The number of rotatable bonds is 3. The molecule has 2 aliphatic heterocycles. The minimum absolute atomic E-state index is 0. The standard InChI is InChI=1S/C19H28N4O3.ClH/c1-13-8-14(2)12-21(11-13)17-5-4-16(9-18(17)23(25)26)19(24)22-7-6-20-10-15(22)3;/h4-5,9,13-15,20H,6-8,10-12H2,1-3H3;1H/t13?,14?,15-;/m0./s1. The lowest BCUT2D eigenvalue weighted by Crippen LogP contribution is -2.52. The number of amides is 1. The summed E-state index contributed by atoms with van der Waals surface area (Å²) in [5.74, 6) is 0.872. The SMILES string of the molecule is CC1CC(C)CN(c2ccc(C(=O)N3CCNC[C@@H]3C)cc2[N+](=O)[O-])C1.Cl. The Morgan fingerprint density at radius 1 is 1.22 bits per heavy atom. The van der Waals surface area contributed by atoms with E-state index in [0.29, 0.717) is 29.6 Å². The van der Waals surface area contributed by atoms with E-state index < -0.39 is 0 Å². The molecule has 2 saturated heterocycles. The van der Waals surface area contributed by atoms with Crippen molar-refractivity contribution in [2.24, 2.45) is 11.8 Å². The molecule has 7 nitrogen and oxygen atoms in total. The fourth-order valence-electron chi connectivity index (χ4n) is 4.24. The van der Waals surface area contributed by atoms with Crippen LogP contribution in [0.5, 0.6) is 0 Å². The van der Waals surface area contributed by atoms with Crippen LogP contribution in [0.15, 0.2) is 18.2 Å². The van der Waals surface area contributed by atoms with E-state index >= 15 is 0 Å². The summed E-state index contributed by atoms with van der Waals surface area (Å²) in [7, 11) is 0. The smallest absolute Gasteiger partial charge is 0.293 e. The van der Waals surface area contributed by atoms with Gasteiger partial charge in [0, 0.05) is 50.4 Å². The lowest BCUT2D eigenvalue weighted by Gasteiger charge is -2.36. The van der Waals surface area contributed by atoms with E-state index in [1.54, 1.807) is 17.0 Å². The predicted molar refractivity (Wildman–Crippen MR) is 109 cm³/mol. The van der Waals surface area contributed by atoms with Gasteiger partial charge in [0.2, 0.25) is 0 Å². The fraction of sp³-hybridized carbons (Fsp3) is 0.632. The number of nitro groups is 1. The number of nitrogens with zero attached hydrogens (tertiary/aromatic N) is 3. The molecule has 3 rings (SSSR count). The maximum absolute atomic E-state index is 12.8. The van der Waals surface area contributed by atoms with Crippen molar-refractivity contribution in [1.82, 2.24) is 10.2 Å². The number of benzene rings is 1. The van der Waals surface area contributed by atoms with Crippen LogP contribution in [0.1, 0.15) is 37.6 Å². The van der Waals surface area contributed by atoms with E-state index in [1.807, 2.05) is 6.92 Å². The minimum atomic E-state index is -0.364. The lowest BCUT2D eigenvalue weighted by molar-refractivity contribution is -0.384. The molecule has 0 bridgehead atoms. The first-order valence-electron chi connectivity index (χ1n) is 9.42. The molecule has 2 fully saturated rings. The number of hydrogen-bond donors (Lipinski definition) is 1. The Labute approximate surface area is 166 Å². The zero-order valence-corrected chi connectivity index (χ0v) is 17.0. The highest BCUT2D eigenvalue weighted by Crippen LogP contribution is 2.34. The molecule has 150 valence electrons. The summed E-state index contributed by atoms with van der Waals surface area (Å²) in [6, 6.07) is 5.03. The van der Waals surface area contributed by atoms with Crippen molar-refractivity contribution in [2.75, 3.05) is 37.6 Å². The number of piperazine rings is 1. The minimum Gasteiger partial charge on any atom is -0.365 e. The highest BCUT2D eigenvalue weighted by atomic mass is 35.5. The third-order valence-corrected chi connectivity index (χ3v) is 5.39. The molecule has 0 spiro atoms. The first-order valence-corrected chi connectivity index (χ1v) is 9.42. The normalized spacial score (nSPS) is 25.7. The summed E-state index contributed by atoms with van der Waals surface area (Å²) in [5.41, 5.74) is 1.05. The number of nitrogens with one attached hydrogen (secondary N) is 1. The highest BCUT2D eigenvalue weighted by Gasteiger charge is 2.30. The van der Waals surface area contributed by atoms with Crippen molar-refractivity contribution in [3.63, 3.8) is 0 Å². The molecule has 27 heavy (non-hydrogen) atoms. The highest BCUT2D eigenvalue weighted by molar-refractivity contribution is 5.96. The Bertz CT molecular complexity index is 690. The monoisotopic (exact) mass is 396 g/mol. The molecule has 1 aromatic rings. The van der Waals surface area contributed by atoms with Crippen molar-refractivity contribution >= 4 is 29.7 Å². The molecule has 3 atom stereocenters. The van der Waals surface area contributed by atoms with E-state index in [2.05, 4.69) is 24.1 Å². The van der Waals surface area contributed by atoms with Gasteiger partial charge in [-0.25, -0.2) is 0 Å². The van der Waals surface area contributed by atoms with Gasteiger partial charge >= 0.3 is 0 Å². The molecular weight excluding hydrogens is 368 g/mol. The molecular formula is C19H29ClN4O3. The molecule has 2 unspecified atom stereocenters. The average Bonchev–Trinajstić information content (AvgIpc) is 2.60. The fourth-order valence-corrected chi connectivity index (χ4v) is 4.24. The number of halogens is 1. The number of carbonyl (C=O) groups excluding carboxylic acids is 1. The molecule has 0 saturated carbocycles. The molecule has 1 amide bonds. The van der Waals surface area contributed by atoms with Crippen LogP contribution in [0.25, 0.3) is 0 Å². The maximum Gasteiger partial charge on any atom is 0.293 e. The second-order valence-corrected chi connectivity index (χ2v) is 7.86. The summed E-state index contributed by atoms with van der Waals surface area (Å²) in [6.07, 6.45) is 1.14. The largest absolute Gasteiger partial charge is 0.365 e. The zero-order valence-electron chi connectivity index (χ0n) is 16.2. The molecule has 0 radical (unpaired) electrons. The van der Waals surface area contributed by atoms with Gasteiger partial charge in [-0.2, -0.15) is 0 Å². The van der Waals surface area contributed by atoms with Crippen molar-refractivity contribution in [3.8, 4) is 0 Å². The van der Waals surface area contributed by atoms with E-state index in [9.17, 15) is 14.9 Å². The van der Waals surface area contributed by atoms with Gasteiger partial charge in [-0.3, -0.25) is 14.9 Å². The second-order valence-electron chi connectivity index (χ2n) is 7.86. The van der Waals surface area contributed by atoms with Gasteiger partial charge in [0.1, 0.15) is 5.69 Å². The molecule has 0 aromatic heterocycles. The average molecular weight is 397 g/mol. The molecule has 8 heteroatoms. The zero-order chi connectivity index (χ0) is 18.8. The summed E-state index contributed by atoms with van der Waals surface area (Å²) in [5, 5.41) is 14.9. The van der Waals surface area contributed by atoms with Crippen molar-refractivity contribution in [1.29, 1.82) is 0 Å². The quantitative estimate of drug-likeness (QED) is 0.627. The Balaban J connectivity index is 0.00000261. The third kappa shape index (κ3) is 4.71. The van der Waals surface area contributed by atoms with E-state index in [-0.39, 0.29) is 35.0 Å². The van der Waals surface area contributed by atoms with Crippen LogP contribution < -0.4 is 10.2 Å². The Kier molecular flexibility index (Phi) is 7.06. The third-order valence-electron chi connectivity index (χ3n) is 5.39. The molecule has 2 heterocycles. The Morgan fingerprint density at radius 3 is 2.48 bits per heavy atom. The van der Waals surface area contributed by atoms with Gasteiger partial charge in [-0.05, 0) is 37.3 Å². The lowest BCUT2D eigenvalue weighted by atomic mass is 9.91. The van der Waals surface area contributed by atoms with Crippen LogP contribution in [0.3, 0.4) is 0 Å². The van der Waals surface area contributed by atoms with E-state index in [1.165, 1.54) is 6.07 Å². The van der Waals surface area contributed by atoms with Crippen LogP contribution in [-0.2, 0) is 0 Å². The van der Waals surface area contributed by atoms with Crippen LogP contribution in [0.4, 0.5) is 11.4 Å².